The predicted octanol–water partition coefficient (Wildman–Crippen LogP) is 1.33. The van der Waals surface area contributed by atoms with E-state index in [0.717, 1.165) is 6.42 Å². The molecule has 0 aromatic carbocycles. The molecule has 1 rings (SSSR count). The van der Waals surface area contributed by atoms with Gasteiger partial charge in [-0.3, -0.25) is 4.79 Å². The van der Waals surface area contributed by atoms with Gasteiger partial charge in [0.2, 0.25) is 0 Å². The molecular weight excluding hydrogens is 234 g/mol. The predicted molar refractivity (Wildman–Crippen MR) is 64.8 cm³/mol. The van der Waals surface area contributed by atoms with Crippen molar-refractivity contribution in [2.75, 3.05) is 7.05 Å². The lowest BCUT2D eigenvalue weighted by atomic mass is 9.74. The molecule has 6 heteroatoms. The summed E-state index contributed by atoms with van der Waals surface area (Å²) in [6.45, 7) is 1.79. The first kappa shape index (κ1) is 14.3. The molecule has 18 heavy (non-hydrogen) atoms. The van der Waals surface area contributed by atoms with Crippen LogP contribution in [-0.2, 0) is 4.79 Å². The summed E-state index contributed by atoms with van der Waals surface area (Å²) in [5.74, 6) is -0.900. The van der Waals surface area contributed by atoms with Crippen molar-refractivity contribution in [3.05, 3.63) is 0 Å². The molecule has 1 atom stereocenters. The molecule has 0 aromatic heterocycles. The molecular formula is C12H19N3O3. The van der Waals surface area contributed by atoms with Gasteiger partial charge in [0.25, 0.3) is 0 Å². The number of carbonyl (C=O) groups excluding carboxylic acids is 1. The van der Waals surface area contributed by atoms with Gasteiger partial charge in [0, 0.05) is 13.1 Å². The molecule has 0 radical (unpaired) electrons. The van der Waals surface area contributed by atoms with E-state index in [1.807, 2.05) is 6.07 Å². The van der Waals surface area contributed by atoms with Gasteiger partial charge in [-0.2, -0.15) is 5.26 Å². The van der Waals surface area contributed by atoms with Crippen LogP contribution in [0.3, 0.4) is 0 Å². The Morgan fingerprint density at radius 3 is 2.56 bits per heavy atom. The van der Waals surface area contributed by atoms with E-state index in [4.69, 9.17) is 10.4 Å². The standard InChI is InChI=1S/C12H19N3O3/c1-9(4-7-13)15(2)11(18)14-12(5-3-6-12)8-10(16)17/h9H,3-6,8H2,1-2H3,(H,14,18)(H,16,17). The third-order valence-corrected chi connectivity index (χ3v) is 3.54. The Bertz CT molecular complexity index is 371. The number of amides is 2. The number of carboxylic acids is 1. The van der Waals surface area contributed by atoms with Crippen LogP contribution >= 0.6 is 0 Å². The van der Waals surface area contributed by atoms with Gasteiger partial charge in [0.05, 0.1) is 24.4 Å². The summed E-state index contributed by atoms with van der Waals surface area (Å²) in [6.07, 6.45) is 2.55. The van der Waals surface area contributed by atoms with E-state index in [-0.39, 0.29) is 24.9 Å². The fraction of sp³-hybridized carbons (Fsp3) is 0.750. The van der Waals surface area contributed by atoms with Crippen LogP contribution in [0.2, 0.25) is 0 Å². The molecule has 1 fully saturated rings. The van der Waals surface area contributed by atoms with Crippen molar-refractivity contribution < 1.29 is 14.7 Å². The van der Waals surface area contributed by atoms with E-state index in [1.54, 1.807) is 14.0 Å². The van der Waals surface area contributed by atoms with Crippen molar-refractivity contribution >= 4 is 12.0 Å². The van der Waals surface area contributed by atoms with Crippen LogP contribution in [-0.4, -0.2) is 40.6 Å². The molecule has 0 spiro atoms. The molecule has 100 valence electrons. The summed E-state index contributed by atoms with van der Waals surface area (Å²) in [5, 5.41) is 20.2. The number of urea groups is 1. The smallest absolute Gasteiger partial charge is 0.317 e. The second-order valence-corrected chi connectivity index (χ2v) is 4.96. The Balaban J connectivity index is 2.57. The fourth-order valence-corrected chi connectivity index (χ4v) is 2.02. The quantitative estimate of drug-likeness (QED) is 0.772. The zero-order chi connectivity index (χ0) is 13.8. The van der Waals surface area contributed by atoms with E-state index >= 15 is 0 Å². The Hall–Kier alpha value is -1.77. The highest BCUT2D eigenvalue weighted by atomic mass is 16.4. The highest BCUT2D eigenvalue weighted by Crippen LogP contribution is 2.35. The topological polar surface area (TPSA) is 93.4 Å². The lowest BCUT2D eigenvalue weighted by molar-refractivity contribution is -0.139. The van der Waals surface area contributed by atoms with Crippen LogP contribution in [0.25, 0.3) is 0 Å². The molecule has 0 aromatic rings. The number of rotatable bonds is 5. The number of hydrogen-bond acceptors (Lipinski definition) is 3. The minimum absolute atomic E-state index is 0.0424. The maximum atomic E-state index is 12.0. The van der Waals surface area contributed by atoms with E-state index in [0.29, 0.717) is 12.8 Å². The number of hydrogen-bond donors (Lipinski definition) is 2. The maximum Gasteiger partial charge on any atom is 0.317 e. The molecule has 1 unspecified atom stereocenters. The van der Waals surface area contributed by atoms with Crippen LogP contribution in [0.5, 0.6) is 0 Å². The molecule has 1 saturated carbocycles. The van der Waals surface area contributed by atoms with E-state index < -0.39 is 11.5 Å². The first-order chi connectivity index (χ1) is 8.40. The zero-order valence-electron chi connectivity index (χ0n) is 10.8. The lowest BCUT2D eigenvalue weighted by Gasteiger charge is -2.42. The van der Waals surface area contributed by atoms with Crippen molar-refractivity contribution in [3.63, 3.8) is 0 Å². The second kappa shape index (κ2) is 5.71. The van der Waals surface area contributed by atoms with Gasteiger partial charge < -0.3 is 15.3 Å². The summed E-state index contributed by atoms with van der Waals surface area (Å²) >= 11 is 0. The average molecular weight is 253 g/mol. The largest absolute Gasteiger partial charge is 0.481 e. The van der Waals surface area contributed by atoms with Gasteiger partial charge in [0.15, 0.2) is 0 Å². The van der Waals surface area contributed by atoms with Gasteiger partial charge in [-0.25, -0.2) is 4.79 Å². The molecule has 0 heterocycles. The maximum absolute atomic E-state index is 12.0. The van der Waals surface area contributed by atoms with E-state index in [2.05, 4.69) is 5.32 Å². The Labute approximate surface area is 107 Å². The number of nitriles is 1. The van der Waals surface area contributed by atoms with Crippen molar-refractivity contribution in [2.24, 2.45) is 0 Å². The molecule has 0 saturated heterocycles. The van der Waals surface area contributed by atoms with Gasteiger partial charge in [-0.15, -0.1) is 0 Å². The Morgan fingerprint density at radius 2 is 2.17 bits per heavy atom. The highest BCUT2D eigenvalue weighted by Gasteiger charge is 2.41. The second-order valence-electron chi connectivity index (χ2n) is 4.96. The first-order valence-corrected chi connectivity index (χ1v) is 6.04. The molecule has 1 aliphatic carbocycles. The summed E-state index contributed by atoms with van der Waals surface area (Å²) in [4.78, 5) is 24.2. The van der Waals surface area contributed by atoms with Crippen LogP contribution < -0.4 is 5.32 Å². The lowest BCUT2D eigenvalue weighted by Crippen LogP contribution is -2.58. The molecule has 0 aliphatic heterocycles. The van der Waals surface area contributed by atoms with Crippen molar-refractivity contribution in [1.82, 2.24) is 10.2 Å². The Kier molecular flexibility index (Phi) is 4.54. The summed E-state index contributed by atoms with van der Waals surface area (Å²) in [6, 6.07) is 1.52. The van der Waals surface area contributed by atoms with Crippen molar-refractivity contribution in [2.45, 2.75) is 50.6 Å². The van der Waals surface area contributed by atoms with Gasteiger partial charge in [0.1, 0.15) is 0 Å². The number of aliphatic carboxylic acids is 1. The summed E-state index contributed by atoms with van der Waals surface area (Å²) in [7, 11) is 1.62. The van der Waals surface area contributed by atoms with Gasteiger partial charge >= 0.3 is 12.0 Å². The minimum atomic E-state index is -0.900. The SMILES string of the molecule is CC(CC#N)N(C)C(=O)NC1(CC(=O)O)CCC1. The van der Waals surface area contributed by atoms with Gasteiger partial charge in [-0.1, -0.05) is 0 Å². The number of nitrogens with one attached hydrogen (secondary N) is 1. The van der Waals surface area contributed by atoms with Crippen LogP contribution in [0, 0.1) is 11.3 Å². The number of nitrogens with zero attached hydrogens (tertiary/aromatic N) is 2. The summed E-state index contributed by atoms with van der Waals surface area (Å²) in [5.41, 5.74) is -0.594. The Morgan fingerprint density at radius 1 is 1.56 bits per heavy atom. The monoisotopic (exact) mass is 253 g/mol. The van der Waals surface area contributed by atoms with Crippen LogP contribution in [0.1, 0.15) is 39.0 Å². The number of carbonyl (C=O) groups is 2. The summed E-state index contributed by atoms with van der Waals surface area (Å²) < 4.78 is 0. The van der Waals surface area contributed by atoms with Gasteiger partial charge in [-0.05, 0) is 26.2 Å². The van der Waals surface area contributed by atoms with Crippen LogP contribution in [0.15, 0.2) is 0 Å². The zero-order valence-corrected chi connectivity index (χ0v) is 10.8. The molecule has 2 amide bonds. The van der Waals surface area contributed by atoms with Crippen molar-refractivity contribution in [1.29, 1.82) is 5.26 Å². The fourth-order valence-electron chi connectivity index (χ4n) is 2.02. The van der Waals surface area contributed by atoms with Crippen molar-refractivity contribution in [3.8, 4) is 6.07 Å². The first-order valence-electron chi connectivity index (χ1n) is 6.04. The average Bonchev–Trinajstić information content (AvgIpc) is 2.24. The third kappa shape index (κ3) is 3.36. The minimum Gasteiger partial charge on any atom is -0.481 e. The molecule has 2 N–H and O–H groups in total. The van der Waals surface area contributed by atoms with Crippen LogP contribution in [0.4, 0.5) is 4.79 Å². The molecule has 1 aliphatic rings. The normalized spacial score (nSPS) is 18.1. The number of carboxylic acid groups (broad SMARTS) is 1. The van der Waals surface area contributed by atoms with E-state index in [1.165, 1.54) is 4.90 Å². The highest BCUT2D eigenvalue weighted by molar-refractivity contribution is 5.77. The van der Waals surface area contributed by atoms with E-state index in [9.17, 15) is 9.59 Å². The molecule has 0 bridgehead atoms. The molecule has 6 nitrogen and oxygen atoms in total. The third-order valence-electron chi connectivity index (χ3n) is 3.54.